The number of thiol groups is 1. The SMILES string of the molecule is O=C(S)Nc1nc2c(F)c(Br)cc(-c3ncccc3F)c2s1. The van der Waals surface area contributed by atoms with Gasteiger partial charge in [-0.3, -0.25) is 15.1 Å². The molecule has 2 aromatic heterocycles. The molecule has 0 spiro atoms. The monoisotopic (exact) mass is 401 g/mol. The number of nitrogens with one attached hydrogen (secondary N) is 1. The quantitative estimate of drug-likeness (QED) is 0.602. The van der Waals surface area contributed by atoms with Gasteiger partial charge in [-0.15, -0.1) is 0 Å². The first-order chi connectivity index (χ1) is 10.5. The Balaban J connectivity index is 2.30. The second kappa shape index (κ2) is 5.90. The summed E-state index contributed by atoms with van der Waals surface area (Å²) in [4.78, 5) is 19.0. The van der Waals surface area contributed by atoms with Crippen LogP contribution in [0.4, 0.5) is 18.7 Å². The summed E-state index contributed by atoms with van der Waals surface area (Å²) in [6.07, 6.45) is 1.44. The Bertz CT molecular complexity index is 900. The van der Waals surface area contributed by atoms with Gasteiger partial charge in [0.25, 0.3) is 5.24 Å². The lowest BCUT2D eigenvalue weighted by molar-refractivity contribution is 0.270. The lowest BCUT2D eigenvalue weighted by Gasteiger charge is -2.05. The molecule has 0 atom stereocenters. The molecule has 1 amide bonds. The predicted octanol–water partition coefficient (Wildman–Crippen LogP) is 4.86. The van der Waals surface area contributed by atoms with E-state index in [1.807, 2.05) is 0 Å². The second-order valence-corrected chi connectivity index (χ2v) is 6.44. The van der Waals surface area contributed by atoms with E-state index in [1.54, 1.807) is 0 Å². The molecule has 0 saturated heterocycles. The van der Waals surface area contributed by atoms with Gasteiger partial charge in [0.1, 0.15) is 17.0 Å². The summed E-state index contributed by atoms with van der Waals surface area (Å²) < 4.78 is 28.7. The molecule has 0 bridgehead atoms. The zero-order valence-corrected chi connectivity index (χ0v) is 13.9. The zero-order valence-electron chi connectivity index (χ0n) is 10.6. The highest BCUT2D eigenvalue weighted by molar-refractivity contribution is 9.10. The van der Waals surface area contributed by atoms with Crippen LogP contribution in [0.2, 0.25) is 0 Å². The Morgan fingerprint density at radius 1 is 1.41 bits per heavy atom. The molecular weight excluding hydrogens is 396 g/mol. The van der Waals surface area contributed by atoms with E-state index in [1.165, 1.54) is 24.4 Å². The Kier molecular flexibility index (Phi) is 4.11. The van der Waals surface area contributed by atoms with E-state index < -0.39 is 16.9 Å². The van der Waals surface area contributed by atoms with E-state index in [2.05, 4.69) is 43.8 Å². The van der Waals surface area contributed by atoms with Gasteiger partial charge in [-0.1, -0.05) is 24.0 Å². The Morgan fingerprint density at radius 2 is 2.18 bits per heavy atom. The number of pyridine rings is 1. The number of halogens is 3. The van der Waals surface area contributed by atoms with Gasteiger partial charge in [0.05, 0.1) is 9.17 Å². The van der Waals surface area contributed by atoms with Gasteiger partial charge in [0, 0.05) is 11.8 Å². The van der Waals surface area contributed by atoms with Crippen LogP contribution in [0.15, 0.2) is 28.9 Å². The van der Waals surface area contributed by atoms with Crippen molar-refractivity contribution in [3.63, 3.8) is 0 Å². The topological polar surface area (TPSA) is 54.9 Å². The van der Waals surface area contributed by atoms with Crippen LogP contribution in [-0.2, 0) is 0 Å². The minimum atomic E-state index is -0.621. The second-order valence-electron chi connectivity index (χ2n) is 4.18. The Hall–Kier alpha value is -1.58. The molecule has 1 aromatic carbocycles. The fraction of sp³-hybridized carbons (Fsp3) is 0. The number of hydrogen-bond acceptors (Lipinski definition) is 4. The van der Waals surface area contributed by atoms with Crippen molar-refractivity contribution in [3.8, 4) is 11.3 Å². The lowest BCUT2D eigenvalue weighted by atomic mass is 10.1. The fourth-order valence-corrected chi connectivity index (χ4v) is 3.49. The van der Waals surface area contributed by atoms with Crippen molar-refractivity contribution in [2.45, 2.75) is 0 Å². The first kappa shape index (κ1) is 15.3. The molecule has 22 heavy (non-hydrogen) atoms. The third-order valence-electron chi connectivity index (χ3n) is 2.79. The van der Waals surface area contributed by atoms with Gasteiger partial charge in [-0.05, 0) is 34.1 Å². The summed E-state index contributed by atoms with van der Waals surface area (Å²) >= 11 is 7.70. The van der Waals surface area contributed by atoms with Crippen LogP contribution in [0, 0.1) is 11.6 Å². The van der Waals surface area contributed by atoms with Crippen molar-refractivity contribution in [1.82, 2.24) is 9.97 Å². The van der Waals surface area contributed by atoms with E-state index in [-0.39, 0.29) is 20.8 Å². The van der Waals surface area contributed by atoms with Gasteiger partial charge in [-0.25, -0.2) is 13.8 Å². The average molecular weight is 402 g/mol. The molecule has 9 heteroatoms. The van der Waals surface area contributed by atoms with Gasteiger partial charge in [0.15, 0.2) is 10.9 Å². The molecule has 0 saturated carbocycles. The Morgan fingerprint density at radius 3 is 2.86 bits per heavy atom. The largest absolute Gasteiger partial charge is 0.293 e. The van der Waals surface area contributed by atoms with E-state index in [0.29, 0.717) is 10.3 Å². The van der Waals surface area contributed by atoms with Crippen molar-refractivity contribution < 1.29 is 13.6 Å². The maximum Gasteiger partial charge on any atom is 0.282 e. The molecule has 0 aliphatic rings. The summed E-state index contributed by atoms with van der Waals surface area (Å²) in [5.74, 6) is -1.12. The highest BCUT2D eigenvalue weighted by Gasteiger charge is 2.20. The van der Waals surface area contributed by atoms with Crippen molar-refractivity contribution in [2.24, 2.45) is 0 Å². The molecule has 0 unspecified atom stereocenters. The predicted molar refractivity (Wildman–Crippen MR) is 88.5 cm³/mol. The molecule has 0 aliphatic carbocycles. The highest BCUT2D eigenvalue weighted by Crippen LogP contribution is 2.39. The Labute approximate surface area is 141 Å². The van der Waals surface area contributed by atoms with Crippen molar-refractivity contribution in [3.05, 3.63) is 40.5 Å². The first-order valence-electron chi connectivity index (χ1n) is 5.86. The summed E-state index contributed by atoms with van der Waals surface area (Å²) in [5.41, 5.74) is 0.496. The minimum Gasteiger partial charge on any atom is -0.293 e. The van der Waals surface area contributed by atoms with E-state index in [9.17, 15) is 13.6 Å². The van der Waals surface area contributed by atoms with Crippen LogP contribution in [0.3, 0.4) is 0 Å². The number of carbonyl (C=O) groups is 1. The number of aromatic nitrogens is 2. The number of rotatable bonds is 2. The average Bonchev–Trinajstić information content (AvgIpc) is 2.87. The van der Waals surface area contributed by atoms with Crippen LogP contribution in [0.25, 0.3) is 21.5 Å². The molecule has 0 radical (unpaired) electrons. The van der Waals surface area contributed by atoms with Crippen molar-refractivity contribution in [1.29, 1.82) is 0 Å². The number of hydrogen-bond donors (Lipinski definition) is 2. The molecular formula is C13H6BrF2N3OS2. The van der Waals surface area contributed by atoms with Gasteiger partial charge in [0.2, 0.25) is 0 Å². The normalized spacial score (nSPS) is 10.9. The summed E-state index contributed by atoms with van der Waals surface area (Å²) in [5, 5.41) is 1.92. The van der Waals surface area contributed by atoms with E-state index in [0.717, 1.165) is 11.3 Å². The van der Waals surface area contributed by atoms with Crippen molar-refractivity contribution in [2.75, 3.05) is 5.32 Å². The summed E-state index contributed by atoms with van der Waals surface area (Å²) in [6, 6.07) is 4.17. The molecule has 112 valence electrons. The molecule has 0 fully saturated rings. The molecule has 2 heterocycles. The number of fused-ring (bicyclic) bond motifs is 1. The van der Waals surface area contributed by atoms with Crippen LogP contribution in [-0.4, -0.2) is 15.2 Å². The number of anilines is 1. The van der Waals surface area contributed by atoms with Gasteiger partial charge >= 0.3 is 0 Å². The zero-order chi connectivity index (χ0) is 15.9. The molecule has 1 N–H and O–H groups in total. The van der Waals surface area contributed by atoms with E-state index in [4.69, 9.17) is 0 Å². The van der Waals surface area contributed by atoms with Gasteiger partial charge < -0.3 is 0 Å². The third-order valence-corrected chi connectivity index (χ3v) is 4.48. The minimum absolute atomic E-state index is 0.0245. The fourth-order valence-electron chi connectivity index (χ4n) is 1.92. The third kappa shape index (κ3) is 2.71. The van der Waals surface area contributed by atoms with Crippen LogP contribution in [0.5, 0.6) is 0 Å². The molecule has 3 rings (SSSR count). The number of carbonyl (C=O) groups excluding carboxylic acids is 1. The summed E-state index contributed by atoms with van der Waals surface area (Å²) in [6.45, 7) is 0. The van der Waals surface area contributed by atoms with E-state index >= 15 is 0 Å². The maximum absolute atomic E-state index is 14.2. The number of nitrogens with zero attached hydrogens (tertiary/aromatic N) is 2. The summed E-state index contributed by atoms with van der Waals surface area (Å²) in [7, 11) is 0. The van der Waals surface area contributed by atoms with Crippen LogP contribution >= 0.6 is 39.9 Å². The van der Waals surface area contributed by atoms with Crippen LogP contribution in [0.1, 0.15) is 0 Å². The highest BCUT2D eigenvalue weighted by atomic mass is 79.9. The van der Waals surface area contributed by atoms with Crippen LogP contribution < -0.4 is 5.32 Å². The number of thiazole rings is 1. The first-order valence-corrected chi connectivity index (χ1v) is 7.92. The standard InChI is InChI=1S/C13H6BrF2N3OS2/c14-6-4-5(9-7(15)2-1-3-17-9)11-10(8(6)16)18-12(22-11)19-13(20)21/h1-4H,(H2,18,19,20,21). The molecule has 0 aliphatic heterocycles. The lowest BCUT2D eigenvalue weighted by Crippen LogP contribution is -1.99. The van der Waals surface area contributed by atoms with Gasteiger partial charge in [-0.2, -0.15) is 0 Å². The number of benzene rings is 1. The molecule has 3 aromatic rings. The van der Waals surface area contributed by atoms with Crippen molar-refractivity contribution >= 4 is 60.5 Å². The number of amides is 1. The maximum atomic E-state index is 14.2. The smallest absolute Gasteiger partial charge is 0.282 e. The molecule has 4 nitrogen and oxygen atoms in total.